The van der Waals surface area contributed by atoms with Gasteiger partial charge >= 0.3 is 0 Å². The molecule has 2 heterocycles. The molecule has 0 spiro atoms. The summed E-state index contributed by atoms with van der Waals surface area (Å²) in [5, 5.41) is 8.61. The second-order valence-electron chi connectivity index (χ2n) is 5.18. The lowest BCUT2D eigenvalue weighted by atomic mass is 10.1. The molecule has 0 unspecified atom stereocenters. The molecule has 1 fully saturated rings. The monoisotopic (exact) mass is 339 g/mol. The second kappa shape index (κ2) is 7.79. The highest BCUT2D eigenvalue weighted by Gasteiger charge is 2.37. The number of hydrogen-bond acceptors (Lipinski definition) is 5. The van der Waals surface area contributed by atoms with Gasteiger partial charge in [-0.3, -0.25) is 9.69 Å². The Bertz CT molecular complexity index is 754. The molecule has 1 saturated heterocycles. The number of amides is 1. The van der Waals surface area contributed by atoms with Crippen LogP contribution < -0.4 is 0 Å². The van der Waals surface area contributed by atoms with Crippen molar-refractivity contribution in [2.24, 2.45) is 10.2 Å². The van der Waals surface area contributed by atoms with E-state index in [0.717, 1.165) is 5.56 Å². The summed E-state index contributed by atoms with van der Waals surface area (Å²) >= 11 is 1.43. The fraction of sp³-hybridized carbons (Fsp3) is 0.167. The third-order valence-electron chi connectivity index (χ3n) is 3.47. The van der Waals surface area contributed by atoms with Crippen molar-refractivity contribution in [3.8, 4) is 0 Å². The van der Waals surface area contributed by atoms with Crippen LogP contribution in [-0.4, -0.2) is 34.0 Å². The van der Waals surface area contributed by atoms with Gasteiger partial charge in [0.1, 0.15) is 5.76 Å². The maximum absolute atomic E-state index is 12.6. The molecule has 0 saturated carbocycles. The topological polar surface area (TPSA) is 58.2 Å². The summed E-state index contributed by atoms with van der Waals surface area (Å²) in [6, 6.07) is 13.5. The average Bonchev–Trinajstić information content (AvgIpc) is 3.20. The maximum atomic E-state index is 12.6. The van der Waals surface area contributed by atoms with Gasteiger partial charge in [0.25, 0.3) is 0 Å². The first-order chi connectivity index (χ1) is 11.8. The predicted octanol–water partition coefficient (Wildman–Crippen LogP) is 3.34. The van der Waals surface area contributed by atoms with E-state index in [9.17, 15) is 4.79 Å². The Balaban J connectivity index is 1.75. The fourth-order valence-corrected chi connectivity index (χ4v) is 3.49. The van der Waals surface area contributed by atoms with E-state index in [1.807, 2.05) is 30.3 Å². The SMILES string of the molecule is C=CCN1C(=O)[C@H](Cc2ccccc2)S/C1=N\N=C/c1ccco1. The fourth-order valence-electron chi connectivity index (χ4n) is 2.34. The van der Waals surface area contributed by atoms with E-state index in [0.29, 0.717) is 23.9 Å². The van der Waals surface area contributed by atoms with Crippen LogP contribution in [0, 0.1) is 0 Å². The van der Waals surface area contributed by atoms with E-state index in [4.69, 9.17) is 4.42 Å². The third kappa shape index (κ3) is 3.83. The Labute approximate surface area is 144 Å². The highest BCUT2D eigenvalue weighted by atomic mass is 32.2. The second-order valence-corrected chi connectivity index (χ2v) is 6.35. The molecule has 0 bridgehead atoms. The van der Waals surface area contributed by atoms with Gasteiger partial charge in [0.2, 0.25) is 5.91 Å². The third-order valence-corrected chi connectivity index (χ3v) is 4.63. The summed E-state index contributed by atoms with van der Waals surface area (Å²) in [7, 11) is 0. The van der Waals surface area contributed by atoms with Crippen LogP contribution in [0.4, 0.5) is 0 Å². The zero-order chi connectivity index (χ0) is 16.8. The first-order valence-electron chi connectivity index (χ1n) is 7.55. The number of rotatable bonds is 6. The van der Waals surface area contributed by atoms with Crippen LogP contribution in [0.15, 0.2) is 76.0 Å². The molecule has 0 radical (unpaired) electrons. The van der Waals surface area contributed by atoms with Gasteiger partial charge in [-0.1, -0.05) is 48.2 Å². The van der Waals surface area contributed by atoms with Gasteiger partial charge in [0, 0.05) is 6.54 Å². The molecule has 5 nitrogen and oxygen atoms in total. The molecule has 1 aliphatic heterocycles. The van der Waals surface area contributed by atoms with E-state index in [1.165, 1.54) is 18.0 Å². The highest BCUT2D eigenvalue weighted by molar-refractivity contribution is 8.15. The molecule has 6 heteroatoms. The van der Waals surface area contributed by atoms with Crippen LogP contribution >= 0.6 is 11.8 Å². The van der Waals surface area contributed by atoms with Crippen LogP contribution in [0.25, 0.3) is 0 Å². The Morgan fingerprint density at radius 1 is 1.25 bits per heavy atom. The van der Waals surface area contributed by atoms with Crippen molar-refractivity contribution >= 4 is 29.1 Å². The Morgan fingerprint density at radius 3 is 2.79 bits per heavy atom. The Kier molecular flexibility index (Phi) is 5.28. The van der Waals surface area contributed by atoms with Crippen LogP contribution in [0.2, 0.25) is 0 Å². The van der Waals surface area contributed by atoms with Crippen LogP contribution in [0.3, 0.4) is 0 Å². The lowest BCUT2D eigenvalue weighted by Crippen LogP contribution is -2.32. The van der Waals surface area contributed by atoms with Crippen molar-refractivity contribution < 1.29 is 9.21 Å². The van der Waals surface area contributed by atoms with Crippen molar-refractivity contribution in [1.29, 1.82) is 0 Å². The molecular formula is C18H17N3O2S. The molecule has 0 aliphatic carbocycles. The summed E-state index contributed by atoms with van der Waals surface area (Å²) < 4.78 is 5.17. The van der Waals surface area contributed by atoms with Crippen molar-refractivity contribution in [3.05, 3.63) is 72.7 Å². The summed E-state index contributed by atoms with van der Waals surface area (Å²) in [5.41, 5.74) is 1.13. The van der Waals surface area contributed by atoms with E-state index in [2.05, 4.69) is 16.8 Å². The predicted molar refractivity (Wildman–Crippen MR) is 97.2 cm³/mol. The van der Waals surface area contributed by atoms with Gasteiger partial charge in [-0.25, -0.2) is 0 Å². The lowest BCUT2D eigenvalue weighted by Gasteiger charge is -2.12. The number of carbonyl (C=O) groups is 1. The molecule has 2 aromatic rings. The zero-order valence-electron chi connectivity index (χ0n) is 13.0. The van der Waals surface area contributed by atoms with Crippen molar-refractivity contribution in [2.45, 2.75) is 11.7 Å². The van der Waals surface area contributed by atoms with E-state index >= 15 is 0 Å². The first kappa shape index (κ1) is 16.3. The largest absolute Gasteiger partial charge is 0.463 e. The highest BCUT2D eigenvalue weighted by Crippen LogP contribution is 2.29. The number of benzene rings is 1. The number of carbonyl (C=O) groups excluding carboxylic acids is 1. The first-order valence-corrected chi connectivity index (χ1v) is 8.43. The molecule has 24 heavy (non-hydrogen) atoms. The van der Waals surface area contributed by atoms with Crippen molar-refractivity contribution in [1.82, 2.24) is 4.90 Å². The van der Waals surface area contributed by atoms with Gasteiger partial charge in [-0.05, 0) is 24.1 Å². The summed E-state index contributed by atoms with van der Waals surface area (Å²) in [4.78, 5) is 14.2. The standard InChI is InChI=1S/C18H17N3O2S/c1-2-10-21-17(22)16(12-14-7-4-3-5-8-14)24-18(21)20-19-13-15-9-6-11-23-15/h2-9,11,13,16H,1,10,12H2/b19-13-,20-18-/t16-/m0/s1. The number of thioether (sulfide) groups is 1. The zero-order valence-corrected chi connectivity index (χ0v) is 13.9. The molecule has 1 aromatic carbocycles. The molecule has 3 rings (SSSR count). The van der Waals surface area contributed by atoms with Crippen LogP contribution in [-0.2, 0) is 11.2 Å². The van der Waals surface area contributed by atoms with Crippen LogP contribution in [0.1, 0.15) is 11.3 Å². The maximum Gasteiger partial charge on any atom is 0.242 e. The Hall–Kier alpha value is -2.60. The normalized spacial score (nSPS) is 19.5. The molecular weight excluding hydrogens is 322 g/mol. The minimum atomic E-state index is -0.190. The Morgan fingerprint density at radius 2 is 2.08 bits per heavy atom. The summed E-state index contributed by atoms with van der Waals surface area (Å²) in [5.74, 6) is 0.653. The van der Waals surface area contributed by atoms with E-state index < -0.39 is 0 Å². The molecule has 0 N–H and O–H groups in total. The van der Waals surface area contributed by atoms with Gasteiger partial charge in [-0.2, -0.15) is 5.10 Å². The summed E-state index contributed by atoms with van der Waals surface area (Å²) in [6.07, 6.45) is 5.45. The van der Waals surface area contributed by atoms with E-state index in [-0.39, 0.29) is 11.2 Å². The molecule has 1 atom stereocenters. The molecule has 1 aliphatic rings. The average molecular weight is 339 g/mol. The molecule has 1 amide bonds. The minimum Gasteiger partial charge on any atom is -0.463 e. The van der Waals surface area contributed by atoms with Gasteiger partial charge < -0.3 is 4.42 Å². The van der Waals surface area contributed by atoms with Crippen molar-refractivity contribution in [2.75, 3.05) is 6.54 Å². The van der Waals surface area contributed by atoms with Crippen LogP contribution in [0.5, 0.6) is 0 Å². The van der Waals surface area contributed by atoms with Gasteiger partial charge in [0.05, 0.1) is 17.7 Å². The van der Waals surface area contributed by atoms with Gasteiger partial charge in [0.15, 0.2) is 5.17 Å². The smallest absolute Gasteiger partial charge is 0.242 e. The number of nitrogens with zero attached hydrogens (tertiary/aromatic N) is 3. The van der Waals surface area contributed by atoms with Crippen molar-refractivity contribution in [3.63, 3.8) is 0 Å². The molecule has 1 aromatic heterocycles. The number of hydrogen-bond donors (Lipinski definition) is 0. The van der Waals surface area contributed by atoms with Gasteiger partial charge in [-0.15, -0.1) is 11.7 Å². The summed E-state index contributed by atoms with van der Waals surface area (Å²) in [6.45, 7) is 4.13. The quantitative estimate of drug-likeness (QED) is 0.461. The van der Waals surface area contributed by atoms with E-state index in [1.54, 1.807) is 29.4 Å². The number of furan rings is 1. The molecule has 122 valence electrons. The number of amidine groups is 1. The lowest BCUT2D eigenvalue weighted by molar-refractivity contribution is -0.125. The minimum absolute atomic E-state index is 0.0377.